The van der Waals surface area contributed by atoms with Gasteiger partial charge < -0.3 is 14.8 Å². The second-order valence-corrected chi connectivity index (χ2v) is 7.01. The van der Waals surface area contributed by atoms with Crippen LogP contribution in [0.15, 0.2) is 47.9 Å². The average molecular weight is 372 g/mol. The summed E-state index contributed by atoms with van der Waals surface area (Å²) in [6, 6.07) is 12.1. The first-order valence-corrected chi connectivity index (χ1v) is 9.59. The maximum Gasteiger partial charge on any atom is 0.244 e. The van der Waals surface area contributed by atoms with Gasteiger partial charge in [-0.15, -0.1) is 11.3 Å². The molecule has 5 nitrogen and oxygen atoms in total. The molecule has 0 bridgehead atoms. The summed E-state index contributed by atoms with van der Waals surface area (Å²) in [4.78, 5) is 15.6. The number of rotatable bonds is 7. The molecule has 1 aromatic carbocycles. The van der Waals surface area contributed by atoms with E-state index in [0.717, 1.165) is 42.5 Å². The Labute approximate surface area is 158 Å². The highest BCUT2D eigenvalue weighted by atomic mass is 32.1. The number of nitrogens with zero attached hydrogens (tertiary/aromatic N) is 1. The van der Waals surface area contributed by atoms with E-state index in [1.165, 1.54) is 0 Å². The standard InChI is InChI=1S/C20H24N2O3S/c1-24-17-6-4-16(5-7-17)19(22-10-12-25-13-11-22)15-21-20(23)9-8-18-3-2-14-26-18/h2-9,14,19H,10-13,15H2,1H3,(H,21,23)/b9-8+. The van der Waals surface area contributed by atoms with E-state index in [0.29, 0.717) is 6.54 Å². The van der Waals surface area contributed by atoms with Gasteiger partial charge in [0.25, 0.3) is 0 Å². The zero-order valence-corrected chi connectivity index (χ0v) is 15.7. The van der Waals surface area contributed by atoms with Gasteiger partial charge in [0.05, 0.1) is 26.4 Å². The zero-order chi connectivity index (χ0) is 18.2. The number of amides is 1. The summed E-state index contributed by atoms with van der Waals surface area (Å²) in [5.41, 5.74) is 1.16. The lowest BCUT2D eigenvalue weighted by Crippen LogP contribution is -2.43. The van der Waals surface area contributed by atoms with Crippen molar-refractivity contribution >= 4 is 23.3 Å². The molecule has 1 unspecified atom stereocenters. The van der Waals surface area contributed by atoms with Crippen molar-refractivity contribution in [2.75, 3.05) is 40.0 Å². The predicted octanol–water partition coefficient (Wildman–Crippen LogP) is 2.96. The molecular weight excluding hydrogens is 348 g/mol. The van der Waals surface area contributed by atoms with Crippen LogP contribution >= 0.6 is 11.3 Å². The molecule has 3 rings (SSSR count). The van der Waals surface area contributed by atoms with Gasteiger partial charge in [-0.3, -0.25) is 9.69 Å². The van der Waals surface area contributed by atoms with E-state index in [2.05, 4.69) is 22.3 Å². The minimum atomic E-state index is -0.0785. The van der Waals surface area contributed by atoms with Crippen LogP contribution in [0.2, 0.25) is 0 Å². The van der Waals surface area contributed by atoms with Crippen LogP contribution in [0, 0.1) is 0 Å². The molecule has 1 N–H and O–H groups in total. The topological polar surface area (TPSA) is 50.8 Å². The second kappa shape index (κ2) is 9.52. The van der Waals surface area contributed by atoms with Crippen LogP contribution < -0.4 is 10.1 Å². The lowest BCUT2D eigenvalue weighted by molar-refractivity contribution is -0.116. The fourth-order valence-electron chi connectivity index (χ4n) is 2.97. The van der Waals surface area contributed by atoms with Crippen molar-refractivity contribution in [1.82, 2.24) is 10.2 Å². The van der Waals surface area contributed by atoms with E-state index < -0.39 is 0 Å². The molecule has 2 aromatic rings. The molecule has 0 saturated carbocycles. The van der Waals surface area contributed by atoms with Crippen LogP contribution in [0.1, 0.15) is 16.5 Å². The Hall–Kier alpha value is -2.15. The van der Waals surface area contributed by atoms with E-state index in [9.17, 15) is 4.79 Å². The van der Waals surface area contributed by atoms with Crippen molar-refractivity contribution in [2.24, 2.45) is 0 Å². The number of carbonyl (C=O) groups excluding carboxylic acids is 1. The summed E-state index contributed by atoms with van der Waals surface area (Å²) in [5, 5.41) is 5.03. The fourth-order valence-corrected chi connectivity index (χ4v) is 3.59. The molecule has 138 valence electrons. The summed E-state index contributed by atoms with van der Waals surface area (Å²) in [6.45, 7) is 3.72. The van der Waals surface area contributed by atoms with Gasteiger partial charge in [-0.2, -0.15) is 0 Å². The Bertz CT molecular complexity index is 707. The van der Waals surface area contributed by atoms with Gasteiger partial charge in [-0.1, -0.05) is 18.2 Å². The minimum absolute atomic E-state index is 0.0785. The van der Waals surface area contributed by atoms with E-state index in [-0.39, 0.29) is 11.9 Å². The van der Waals surface area contributed by atoms with Crippen molar-refractivity contribution in [1.29, 1.82) is 0 Å². The third kappa shape index (κ3) is 5.17. The smallest absolute Gasteiger partial charge is 0.244 e. The molecule has 1 saturated heterocycles. The molecule has 0 aliphatic carbocycles. The van der Waals surface area contributed by atoms with Gasteiger partial charge in [-0.25, -0.2) is 0 Å². The highest BCUT2D eigenvalue weighted by molar-refractivity contribution is 7.10. The number of thiophene rings is 1. The van der Waals surface area contributed by atoms with E-state index in [1.54, 1.807) is 24.5 Å². The van der Waals surface area contributed by atoms with Crippen molar-refractivity contribution in [3.8, 4) is 5.75 Å². The Morgan fingerprint density at radius 2 is 2.08 bits per heavy atom. The normalized spacial score (nSPS) is 16.5. The largest absolute Gasteiger partial charge is 0.497 e. The number of hydrogen-bond donors (Lipinski definition) is 1. The lowest BCUT2D eigenvalue weighted by Gasteiger charge is -2.34. The molecule has 2 heterocycles. The number of nitrogens with one attached hydrogen (secondary N) is 1. The number of hydrogen-bond acceptors (Lipinski definition) is 5. The third-order valence-corrected chi connectivity index (χ3v) is 5.24. The molecule has 0 radical (unpaired) electrons. The van der Waals surface area contributed by atoms with Crippen molar-refractivity contribution in [3.05, 3.63) is 58.3 Å². The Kier molecular flexibility index (Phi) is 6.82. The number of morpholine rings is 1. The van der Waals surface area contributed by atoms with Crippen LogP contribution in [0.3, 0.4) is 0 Å². The molecule has 1 aliphatic rings. The minimum Gasteiger partial charge on any atom is -0.497 e. The van der Waals surface area contributed by atoms with E-state index >= 15 is 0 Å². The van der Waals surface area contributed by atoms with Crippen LogP contribution in [-0.2, 0) is 9.53 Å². The quantitative estimate of drug-likeness (QED) is 0.759. The van der Waals surface area contributed by atoms with Crippen molar-refractivity contribution in [2.45, 2.75) is 6.04 Å². The summed E-state index contributed by atoms with van der Waals surface area (Å²) in [7, 11) is 1.66. The SMILES string of the molecule is COc1ccc(C(CNC(=O)/C=C/c2cccs2)N2CCOCC2)cc1. The Morgan fingerprint density at radius 3 is 2.73 bits per heavy atom. The third-order valence-electron chi connectivity index (χ3n) is 4.40. The molecule has 1 aliphatic heterocycles. The first kappa shape index (κ1) is 18.6. The number of methoxy groups -OCH3 is 1. The maximum atomic E-state index is 12.2. The van der Waals surface area contributed by atoms with E-state index in [1.807, 2.05) is 35.7 Å². The second-order valence-electron chi connectivity index (χ2n) is 6.03. The molecule has 1 atom stereocenters. The molecule has 6 heteroatoms. The molecule has 1 fully saturated rings. The van der Waals surface area contributed by atoms with Crippen LogP contribution in [0.25, 0.3) is 6.08 Å². The van der Waals surface area contributed by atoms with Crippen molar-refractivity contribution < 1.29 is 14.3 Å². The molecule has 1 aromatic heterocycles. The number of ether oxygens (including phenoxy) is 2. The van der Waals surface area contributed by atoms with Gasteiger partial charge in [0.2, 0.25) is 5.91 Å². The maximum absolute atomic E-state index is 12.2. The van der Waals surface area contributed by atoms with Crippen LogP contribution in [-0.4, -0.2) is 50.8 Å². The van der Waals surface area contributed by atoms with Gasteiger partial charge >= 0.3 is 0 Å². The predicted molar refractivity (Wildman–Crippen MR) is 104 cm³/mol. The summed E-state index contributed by atoms with van der Waals surface area (Å²) < 4.78 is 10.7. The summed E-state index contributed by atoms with van der Waals surface area (Å²) in [5.74, 6) is 0.752. The zero-order valence-electron chi connectivity index (χ0n) is 14.9. The van der Waals surface area contributed by atoms with Crippen LogP contribution in [0.4, 0.5) is 0 Å². The molecular formula is C20H24N2O3S. The fraction of sp³-hybridized carbons (Fsp3) is 0.350. The average Bonchev–Trinajstić information content (AvgIpc) is 3.21. The number of carbonyl (C=O) groups is 1. The summed E-state index contributed by atoms with van der Waals surface area (Å²) >= 11 is 1.61. The first-order chi connectivity index (χ1) is 12.8. The molecule has 0 spiro atoms. The van der Waals surface area contributed by atoms with Gasteiger partial charge in [0.15, 0.2) is 0 Å². The summed E-state index contributed by atoms with van der Waals surface area (Å²) in [6.07, 6.45) is 3.44. The molecule has 1 amide bonds. The van der Waals surface area contributed by atoms with Gasteiger partial charge in [0.1, 0.15) is 5.75 Å². The van der Waals surface area contributed by atoms with Gasteiger partial charge in [-0.05, 0) is 35.2 Å². The Balaban J connectivity index is 1.65. The monoisotopic (exact) mass is 372 g/mol. The Morgan fingerprint density at radius 1 is 1.31 bits per heavy atom. The highest BCUT2D eigenvalue weighted by Gasteiger charge is 2.23. The first-order valence-electron chi connectivity index (χ1n) is 8.71. The van der Waals surface area contributed by atoms with Crippen molar-refractivity contribution in [3.63, 3.8) is 0 Å². The van der Waals surface area contributed by atoms with Gasteiger partial charge in [0, 0.05) is 30.6 Å². The highest BCUT2D eigenvalue weighted by Crippen LogP contribution is 2.23. The van der Waals surface area contributed by atoms with Crippen LogP contribution in [0.5, 0.6) is 5.75 Å². The molecule has 26 heavy (non-hydrogen) atoms. The lowest BCUT2D eigenvalue weighted by atomic mass is 10.0. The van der Waals surface area contributed by atoms with E-state index in [4.69, 9.17) is 9.47 Å². The number of benzene rings is 1.